The molecule has 1 amide bonds. The lowest BCUT2D eigenvalue weighted by Gasteiger charge is -2.16. The van der Waals surface area contributed by atoms with Gasteiger partial charge in [-0.25, -0.2) is 4.79 Å². The quantitative estimate of drug-likeness (QED) is 0.830. The van der Waals surface area contributed by atoms with E-state index in [0.29, 0.717) is 0 Å². The maximum Gasteiger partial charge on any atom is 0.404 e. The number of aliphatic hydroxyl groups excluding tert-OH is 1. The second kappa shape index (κ2) is 5.84. The summed E-state index contributed by atoms with van der Waals surface area (Å²) in [6, 6.07) is 7.85. The van der Waals surface area contributed by atoms with Crippen molar-refractivity contribution in [1.29, 1.82) is 0 Å². The van der Waals surface area contributed by atoms with E-state index < -0.39 is 6.09 Å². The number of hydrogen-bond donors (Lipinski definition) is 2. The molecule has 1 aliphatic heterocycles. The van der Waals surface area contributed by atoms with E-state index in [2.05, 4.69) is 4.90 Å². The first-order chi connectivity index (χ1) is 8.67. The van der Waals surface area contributed by atoms with Crippen molar-refractivity contribution in [3.63, 3.8) is 0 Å². The molecule has 0 radical (unpaired) electrons. The van der Waals surface area contributed by atoms with Crippen LogP contribution in [-0.4, -0.2) is 35.3 Å². The SMILES string of the molecule is NC(=O)OC1CCN(Cc2ccc(CO)cc2)C1. The van der Waals surface area contributed by atoms with Gasteiger partial charge in [-0.15, -0.1) is 0 Å². The van der Waals surface area contributed by atoms with Crippen molar-refractivity contribution >= 4 is 6.09 Å². The van der Waals surface area contributed by atoms with Crippen LogP contribution in [0.2, 0.25) is 0 Å². The second-order valence-electron chi connectivity index (χ2n) is 4.56. The highest BCUT2D eigenvalue weighted by atomic mass is 16.6. The lowest BCUT2D eigenvalue weighted by Crippen LogP contribution is -2.26. The summed E-state index contributed by atoms with van der Waals surface area (Å²) >= 11 is 0. The molecular weight excluding hydrogens is 232 g/mol. The Kier molecular flexibility index (Phi) is 4.17. The van der Waals surface area contributed by atoms with Crippen LogP contribution >= 0.6 is 0 Å². The third-order valence-electron chi connectivity index (χ3n) is 3.12. The van der Waals surface area contributed by atoms with Gasteiger partial charge in [0.2, 0.25) is 0 Å². The van der Waals surface area contributed by atoms with Gasteiger partial charge in [-0.05, 0) is 17.5 Å². The Morgan fingerprint density at radius 3 is 2.67 bits per heavy atom. The van der Waals surface area contributed by atoms with Gasteiger partial charge in [-0.1, -0.05) is 24.3 Å². The molecule has 1 unspecified atom stereocenters. The fraction of sp³-hybridized carbons (Fsp3) is 0.462. The molecule has 3 N–H and O–H groups in total. The topological polar surface area (TPSA) is 75.8 Å². The van der Waals surface area contributed by atoms with Crippen molar-refractivity contribution in [2.75, 3.05) is 13.1 Å². The summed E-state index contributed by atoms with van der Waals surface area (Å²) in [5.74, 6) is 0. The summed E-state index contributed by atoms with van der Waals surface area (Å²) in [4.78, 5) is 12.9. The monoisotopic (exact) mass is 250 g/mol. The number of nitrogens with two attached hydrogens (primary N) is 1. The van der Waals surface area contributed by atoms with E-state index in [1.807, 2.05) is 24.3 Å². The van der Waals surface area contributed by atoms with Crippen molar-refractivity contribution in [1.82, 2.24) is 4.90 Å². The number of ether oxygens (including phenoxy) is 1. The number of benzene rings is 1. The van der Waals surface area contributed by atoms with Crippen molar-refractivity contribution < 1.29 is 14.6 Å². The minimum atomic E-state index is -0.700. The number of primary amides is 1. The van der Waals surface area contributed by atoms with Gasteiger partial charge in [-0.3, -0.25) is 4.90 Å². The van der Waals surface area contributed by atoms with Gasteiger partial charge >= 0.3 is 6.09 Å². The highest BCUT2D eigenvalue weighted by Gasteiger charge is 2.24. The van der Waals surface area contributed by atoms with Gasteiger partial charge in [0.05, 0.1) is 6.61 Å². The highest BCUT2D eigenvalue weighted by Crippen LogP contribution is 2.16. The predicted octanol–water partition coefficient (Wildman–Crippen LogP) is 0.849. The number of aliphatic hydroxyl groups is 1. The van der Waals surface area contributed by atoms with E-state index in [0.717, 1.165) is 31.6 Å². The normalized spacial score (nSPS) is 19.9. The van der Waals surface area contributed by atoms with Crippen LogP contribution in [0.5, 0.6) is 0 Å². The Hall–Kier alpha value is -1.59. The Morgan fingerprint density at radius 2 is 2.06 bits per heavy atom. The van der Waals surface area contributed by atoms with Crippen LogP contribution in [0.4, 0.5) is 4.79 Å². The second-order valence-corrected chi connectivity index (χ2v) is 4.56. The molecule has 0 spiro atoms. The summed E-state index contributed by atoms with van der Waals surface area (Å²) in [7, 11) is 0. The number of carbonyl (C=O) groups excluding carboxylic acids is 1. The van der Waals surface area contributed by atoms with Crippen LogP contribution in [0.1, 0.15) is 17.5 Å². The van der Waals surface area contributed by atoms with Gasteiger partial charge in [0.15, 0.2) is 0 Å². The zero-order valence-corrected chi connectivity index (χ0v) is 10.2. The Labute approximate surface area is 106 Å². The van der Waals surface area contributed by atoms with E-state index in [9.17, 15) is 4.79 Å². The van der Waals surface area contributed by atoms with Gasteiger partial charge in [0.25, 0.3) is 0 Å². The van der Waals surface area contributed by atoms with Crippen LogP contribution < -0.4 is 5.73 Å². The summed E-state index contributed by atoms with van der Waals surface area (Å²) in [5.41, 5.74) is 7.10. The molecule has 18 heavy (non-hydrogen) atoms. The Balaban J connectivity index is 1.85. The molecule has 1 aromatic carbocycles. The Bertz CT molecular complexity index is 405. The number of amides is 1. The largest absolute Gasteiger partial charge is 0.445 e. The molecule has 0 aliphatic carbocycles. The van der Waals surface area contributed by atoms with Crippen molar-refractivity contribution in [2.45, 2.75) is 25.7 Å². The summed E-state index contributed by atoms with van der Waals surface area (Å²) in [6.45, 7) is 2.52. The average Bonchev–Trinajstić information content (AvgIpc) is 2.76. The summed E-state index contributed by atoms with van der Waals surface area (Å²) in [5, 5.41) is 8.96. The van der Waals surface area contributed by atoms with Crippen LogP contribution in [0.25, 0.3) is 0 Å². The van der Waals surface area contributed by atoms with Crippen LogP contribution in [-0.2, 0) is 17.9 Å². The molecular formula is C13H18N2O3. The lowest BCUT2D eigenvalue weighted by molar-refractivity contribution is 0.109. The highest BCUT2D eigenvalue weighted by molar-refractivity contribution is 5.64. The van der Waals surface area contributed by atoms with Crippen LogP contribution in [0.15, 0.2) is 24.3 Å². The number of hydrogen-bond acceptors (Lipinski definition) is 4. The van der Waals surface area contributed by atoms with E-state index in [1.165, 1.54) is 5.56 Å². The van der Waals surface area contributed by atoms with Crippen molar-refractivity contribution in [3.8, 4) is 0 Å². The molecule has 98 valence electrons. The zero-order chi connectivity index (χ0) is 13.0. The van der Waals surface area contributed by atoms with Crippen LogP contribution in [0, 0.1) is 0 Å². The standard InChI is InChI=1S/C13H18N2O3/c14-13(17)18-12-5-6-15(8-12)7-10-1-3-11(9-16)4-2-10/h1-4,12,16H,5-9H2,(H2,14,17). The molecule has 2 rings (SSSR count). The van der Waals surface area contributed by atoms with E-state index in [1.54, 1.807) is 0 Å². The third kappa shape index (κ3) is 3.45. The van der Waals surface area contributed by atoms with E-state index >= 15 is 0 Å². The van der Waals surface area contributed by atoms with Crippen molar-refractivity contribution in [3.05, 3.63) is 35.4 Å². The zero-order valence-electron chi connectivity index (χ0n) is 10.2. The third-order valence-corrected chi connectivity index (χ3v) is 3.12. The lowest BCUT2D eigenvalue weighted by atomic mass is 10.1. The first-order valence-corrected chi connectivity index (χ1v) is 6.04. The number of carbonyl (C=O) groups is 1. The summed E-state index contributed by atoms with van der Waals surface area (Å²) < 4.78 is 4.98. The maximum absolute atomic E-state index is 10.6. The maximum atomic E-state index is 10.6. The minimum Gasteiger partial charge on any atom is -0.445 e. The molecule has 0 saturated carbocycles. The molecule has 1 atom stereocenters. The minimum absolute atomic E-state index is 0.0680. The molecule has 0 bridgehead atoms. The molecule has 1 heterocycles. The van der Waals surface area contributed by atoms with Gasteiger partial charge in [0.1, 0.15) is 6.10 Å². The molecule has 0 aromatic heterocycles. The Morgan fingerprint density at radius 1 is 1.39 bits per heavy atom. The number of likely N-dealkylation sites (tertiary alicyclic amines) is 1. The first-order valence-electron chi connectivity index (χ1n) is 6.04. The molecule has 1 aliphatic rings. The molecule has 5 nitrogen and oxygen atoms in total. The number of nitrogens with zero attached hydrogens (tertiary/aromatic N) is 1. The van der Waals surface area contributed by atoms with Gasteiger partial charge in [-0.2, -0.15) is 0 Å². The first kappa shape index (κ1) is 12.9. The average molecular weight is 250 g/mol. The van der Waals surface area contributed by atoms with Crippen LogP contribution in [0.3, 0.4) is 0 Å². The predicted molar refractivity (Wildman–Crippen MR) is 66.7 cm³/mol. The molecule has 5 heteroatoms. The van der Waals surface area contributed by atoms with E-state index in [-0.39, 0.29) is 12.7 Å². The van der Waals surface area contributed by atoms with Gasteiger partial charge < -0.3 is 15.6 Å². The smallest absolute Gasteiger partial charge is 0.404 e. The molecule has 1 fully saturated rings. The number of rotatable bonds is 4. The fourth-order valence-corrected chi connectivity index (χ4v) is 2.21. The van der Waals surface area contributed by atoms with E-state index in [4.69, 9.17) is 15.6 Å². The summed E-state index contributed by atoms with van der Waals surface area (Å²) in [6.07, 6.45) is 0.0471. The van der Waals surface area contributed by atoms with Gasteiger partial charge in [0, 0.05) is 19.6 Å². The molecule has 1 saturated heterocycles. The molecule has 1 aromatic rings. The fourth-order valence-electron chi connectivity index (χ4n) is 2.21. The van der Waals surface area contributed by atoms with Crippen molar-refractivity contribution in [2.24, 2.45) is 5.73 Å².